The second kappa shape index (κ2) is 7.99. The first-order chi connectivity index (χ1) is 9.48. The third kappa shape index (κ3) is 4.74. The topological polar surface area (TPSA) is 41.6 Å². The molecule has 0 aromatic carbocycles. The van der Waals surface area contributed by atoms with Crippen molar-refractivity contribution in [2.75, 3.05) is 19.7 Å². The zero-order valence-electron chi connectivity index (χ0n) is 13.9. The van der Waals surface area contributed by atoms with E-state index in [1.807, 2.05) is 20.8 Å². The highest BCUT2D eigenvalue weighted by Crippen LogP contribution is 2.31. The summed E-state index contributed by atoms with van der Waals surface area (Å²) in [4.78, 5) is 14.8. The highest BCUT2D eigenvalue weighted by atomic mass is 16.5. The molecule has 4 heteroatoms. The second-order valence-electron chi connectivity index (χ2n) is 6.11. The van der Waals surface area contributed by atoms with Gasteiger partial charge in [0.25, 0.3) is 0 Å². The Bertz CT molecular complexity index is 305. The first-order valence-corrected chi connectivity index (χ1v) is 8.16. The van der Waals surface area contributed by atoms with E-state index in [9.17, 15) is 4.79 Å². The van der Waals surface area contributed by atoms with Crippen LogP contribution >= 0.6 is 0 Å². The molecule has 1 aliphatic carbocycles. The average Bonchev–Trinajstić information content (AvgIpc) is 3.20. The van der Waals surface area contributed by atoms with Crippen molar-refractivity contribution in [3.8, 4) is 0 Å². The van der Waals surface area contributed by atoms with Crippen molar-refractivity contribution in [3.05, 3.63) is 0 Å². The number of carbonyl (C=O) groups excluding carboxylic acids is 1. The molecule has 0 aromatic heterocycles. The first kappa shape index (κ1) is 17.4. The van der Waals surface area contributed by atoms with Crippen molar-refractivity contribution >= 4 is 5.97 Å². The maximum absolute atomic E-state index is 12.3. The van der Waals surface area contributed by atoms with E-state index >= 15 is 0 Å². The lowest BCUT2D eigenvalue weighted by atomic mass is 9.92. The van der Waals surface area contributed by atoms with Gasteiger partial charge in [-0.2, -0.15) is 0 Å². The molecule has 2 unspecified atom stereocenters. The molecule has 0 aliphatic heterocycles. The maximum Gasteiger partial charge on any atom is 0.326 e. The molecule has 1 fully saturated rings. The van der Waals surface area contributed by atoms with Gasteiger partial charge in [-0.1, -0.05) is 13.8 Å². The Balaban J connectivity index is 2.69. The van der Waals surface area contributed by atoms with Gasteiger partial charge < -0.3 is 10.1 Å². The lowest BCUT2D eigenvalue weighted by Gasteiger charge is -2.36. The first-order valence-electron chi connectivity index (χ1n) is 8.16. The fourth-order valence-electron chi connectivity index (χ4n) is 3.04. The van der Waals surface area contributed by atoms with Gasteiger partial charge in [-0.05, 0) is 59.5 Å². The quantitative estimate of drug-likeness (QED) is 0.626. The average molecular weight is 284 g/mol. The second-order valence-corrected chi connectivity index (χ2v) is 6.11. The number of nitrogens with zero attached hydrogens (tertiary/aromatic N) is 1. The predicted octanol–water partition coefficient (Wildman–Crippen LogP) is 2.57. The fraction of sp³-hybridized carbons (Fsp3) is 0.938. The molecule has 1 N–H and O–H groups in total. The van der Waals surface area contributed by atoms with E-state index in [0.29, 0.717) is 12.6 Å². The highest BCUT2D eigenvalue weighted by Gasteiger charge is 2.39. The van der Waals surface area contributed by atoms with Gasteiger partial charge in [-0.25, -0.2) is 0 Å². The van der Waals surface area contributed by atoms with E-state index in [1.54, 1.807) is 0 Å². The summed E-state index contributed by atoms with van der Waals surface area (Å²) in [6, 6.07) is 1.13. The number of rotatable bonds is 10. The largest absolute Gasteiger partial charge is 0.465 e. The number of esters is 1. The third-order valence-corrected chi connectivity index (χ3v) is 4.06. The minimum Gasteiger partial charge on any atom is -0.465 e. The highest BCUT2D eigenvalue weighted by molar-refractivity contribution is 5.80. The molecule has 1 rings (SSSR count). The smallest absolute Gasteiger partial charge is 0.326 e. The third-order valence-electron chi connectivity index (χ3n) is 4.06. The standard InChI is InChI=1S/C16H32N2O2/c1-6-11-18(14-9-10-14)13(4)12-16(5,17-7-2)15(19)20-8-3/h13-14,17H,6-12H2,1-5H3. The van der Waals surface area contributed by atoms with Crippen molar-refractivity contribution in [2.45, 2.75) is 77.9 Å². The van der Waals surface area contributed by atoms with Crippen LogP contribution in [0.3, 0.4) is 0 Å². The number of ether oxygens (including phenoxy) is 1. The van der Waals surface area contributed by atoms with E-state index in [1.165, 1.54) is 12.8 Å². The minimum absolute atomic E-state index is 0.124. The maximum atomic E-state index is 12.3. The molecule has 2 atom stereocenters. The van der Waals surface area contributed by atoms with Crippen LogP contribution in [0.25, 0.3) is 0 Å². The van der Waals surface area contributed by atoms with Crippen LogP contribution in [0.15, 0.2) is 0 Å². The molecule has 118 valence electrons. The van der Waals surface area contributed by atoms with E-state index in [2.05, 4.69) is 24.1 Å². The molecule has 1 aliphatic rings. The van der Waals surface area contributed by atoms with Crippen molar-refractivity contribution in [2.24, 2.45) is 0 Å². The molecular weight excluding hydrogens is 252 g/mol. The number of hydrogen-bond acceptors (Lipinski definition) is 4. The van der Waals surface area contributed by atoms with Crippen LogP contribution in [-0.4, -0.2) is 48.2 Å². The van der Waals surface area contributed by atoms with E-state index < -0.39 is 5.54 Å². The Morgan fingerprint density at radius 3 is 2.50 bits per heavy atom. The molecule has 0 amide bonds. The molecule has 0 heterocycles. The van der Waals surface area contributed by atoms with Gasteiger partial charge in [0.15, 0.2) is 0 Å². The van der Waals surface area contributed by atoms with Gasteiger partial charge in [0.2, 0.25) is 0 Å². The van der Waals surface area contributed by atoms with Crippen LogP contribution in [-0.2, 0) is 9.53 Å². The van der Waals surface area contributed by atoms with Gasteiger partial charge >= 0.3 is 5.97 Å². The zero-order valence-corrected chi connectivity index (χ0v) is 13.9. The Hall–Kier alpha value is -0.610. The molecule has 0 spiro atoms. The van der Waals surface area contributed by atoms with Crippen molar-refractivity contribution in [1.82, 2.24) is 10.2 Å². The van der Waals surface area contributed by atoms with Crippen LogP contribution < -0.4 is 5.32 Å². The summed E-state index contributed by atoms with van der Waals surface area (Å²) in [7, 11) is 0. The molecule has 0 aromatic rings. The van der Waals surface area contributed by atoms with E-state index in [0.717, 1.165) is 32.0 Å². The Morgan fingerprint density at radius 2 is 2.05 bits per heavy atom. The van der Waals surface area contributed by atoms with Gasteiger partial charge in [-0.15, -0.1) is 0 Å². The number of likely N-dealkylation sites (N-methyl/N-ethyl adjacent to an activating group) is 1. The van der Waals surface area contributed by atoms with Crippen LogP contribution in [0.5, 0.6) is 0 Å². The Morgan fingerprint density at radius 1 is 1.40 bits per heavy atom. The van der Waals surface area contributed by atoms with Crippen molar-refractivity contribution < 1.29 is 9.53 Å². The van der Waals surface area contributed by atoms with Crippen molar-refractivity contribution in [3.63, 3.8) is 0 Å². The normalized spacial score (nSPS) is 19.7. The van der Waals surface area contributed by atoms with Crippen LogP contribution in [0, 0.1) is 0 Å². The molecule has 1 saturated carbocycles. The summed E-state index contributed by atoms with van der Waals surface area (Å²) in [5, 5.41) is 3.33. The SMILES string of the molecule is CCCN(C(C)CC(C)(NCC)C(=O)OCC)C1CC1. The van der Waals surface area contributed by atoms with Crippen molar-refractivity contribution in [1.29, 1.82) is 0 Å². The van der Waals surface area contributed by atoms with Crippen LogP contribution in [0.1, 0.15) is 60.3 Å². The summed E-state index contributed by atoms with van der Waals surface area (Å²) < 4.78 is 5.26. The van der Waals surface area contributed by atoms with Gasteiger partial charge in [-0.3, -0.25) is 9.69 Å². The number of carbonyl (C=O) groups is 1. The van der Waals surface area contributed by atoms with Crippen LogP contribution in [0.4, 0.5) is 0 Å². The molecule has 0 radical (unpaired) electrons. The Kier molecular flexibility index (Phi) is 6.96. The number of nitrogens with one attached hydrogen (secondary N) is 1. The fourth-order valence-corrected chi connectivity index (χ4v) is 3.04. The monoisotopic (exact) mass is 284 g/mol. The summed E-state index contributed by atoms with van der Waals surface area (Å²) >= 11 is 0. The molecule has 20 heavy (non-hydrogen) atoms. The Labute approximate surface area is 124 Å². The summed E-state index contributed by atoms with van der Waals surface area (Å²) in [5.41, 5.74) is -0.578. The van der Waals surface area contributed by atoms with Gasteiger partial charge in [0, 0.05) is 12.1 Å². The van der Waals surface area contributed by atoms with Crippen LogP contribution in [0.2, 0.25) is 0 Å². The van der Waals surface area contributed by atoms with E-state index in [-0.39, 0.29) is 5.97 Å². The molecular formula is C16H32N2O2. The van der Waals surface area contributed by atoms with E-state index in [4.69, 9.17) is 4.74 Å². The van der Waals surface area contributed by atoms with Gasteiger partial charge in [0.1, 0.15) is 5.54 Å². The molecule has 4 nitrogen and oxygen atoms in total. The summed E-state index contributed by atoms with van der Waals surface area (Å²) in [6.07, 6.45) is 4.58. The summed E-state index contributed by atoms with van der Waals surface area (Å²) in [6.45, 7) is 12.7. The zero-order chi connectivity index (χ0) is 15.2. The molecule has 0 saturated heterocycles. The predicted molar refractivity (Wildman–Crippen MR) is 82.8 cm³/mol. The summed E-state index contributed by atoms with van der Waals surface area (Å²) in [5.74, 6) is -0.124. The number of hydrogen-bond donors (Lipinski definition) is 1. The lowest BCUT2D eigenvalue weighted by Crippen LogP contribution is -2.54. The lowest BCUT2D eigenvalue weighted by molar-refractivity contribution is -0.151. The molecule has 0 bridgehead atoms. The van der Waals surface area contributed by atoms with Gasteiger partial charge in [0.05, 0.1) is 6.61 Å². The minimum atomic E-state index is -0.578.